The Bertz CT molecular complexity index is 1300. The number of rotatable bonds is 7. The normalized spacial score (nSPS) is 24.9. The number of phenolic OH excluding ortho intramolecular Hbond substituents is 1. The van der Waals surface area contributed by atoms with Crippen molar-refractivity contribution in [3.63, 3.8) is 0 Å². The van der Waals surface area contributed by atoms with E-state index in [-0.39, 0.29) is 17.1 Å². The Morgan fingerprint density at radius 1 is 1.05 bits per heavy atom. The molecule has 1 saturated heterocycles. The Morgan fingerprint density at radius 3 is 2.62 bits per heavy atom. The highest BCUT2D eigenvalue weighted by atomic mass is 16.3. The molecule has 3 aliphatic rings. The molecular formula is C33H38N2O2. The van der Waals surface area contributed by atoms with Gasteiger partial charge in [-0.25, -0.2) is 0 Å². The molecular weight excluding hydrogens is 456 g/mol. The van der Waals surface area contributed by atoms with Crippen LogP contribution in [0.5, 0.6) is 5.75 Å². The number of hydrogen-bond donors (Lipinski definition) is 2. The highest BCUT2D eigenvalue weighted by Gasteiger charge is 2.49. The summed E-state index contributed by atoms with van der Waals surface area (Å²) in [5.74, 6) is 1.83. The summed E-state index contributed by atoms with van der Waals surface area (Å²) in [6.07, 6.45) is 5.89. The molecule has 3 aromatic rings. The fourth-order valence-corrected chi connectivity index (χ4v) is 6.68. The first-order valence-corrected chi connectivity index (χ1v) is 13.9. The number of fused-ring (bicyclic) bond motifs is 4. The summed E-state index contributed by atoms with van der Waals surface area (Å²) in [7, 11) is 0. The fraction of sp³-hybridized carbons (Fsp3) is 0.424. The number of hydrogen-bond acceptors (Lipinski definition) is 3. The molecule has 3 atom stereocenters. The van der Waals surface area contributed by atoms with E-state index in [1.165, 1.54) is 49.0 Å². The molecule has 37 heavy (non-hydrogen) atoms. The molecule has 0 aromatic heterocycles. The van der Waals surface area contributed by atoms with Gasteiger partial charge in [-0.05, 0) is 108 Å². The standard InChI is InChI=1S/C33H38N2O2/c1-22-31-20-27-12-13-28(19-30(27)33(22,2)15-17-35(31)21-24-6-7-24)32(37)34-16-14-23-8-10-25(11-9-23)26-4-3-5-29(36)18-26/h3-5,8-13,18-19,22,24,31,36H,6-7,14-17,20-21H2,1-2H3,(H,34,37). The zero-order valence-corrected chi connectivity index (χ0v) is 22.0. The summed E-state index contributed by atoms with van der Waals surface area (Å²) in [6, 6.07) is 22.7. The Morgan fingerprint density at radius 2 is 1.86 bits per heavy atom. The number of likely N-dealkylation sites (tertiary alicyclic amines) is 1. The van der Waals surface area contributed by atoms with Gasteiger partial charge < -0.3 is 10.4 Å². The Labute approximate surface area is 220 Å². The molecule has 0 spiro atoms. The minimum absolute atomic E-state index is 0.0173. The molecule has 2 aliphatic carbocycles. The molecule has 2 bridgehead atoms. The average molecular weight is 495 g/mol. The zero-order chi connectivity index (χ0) is 25.6. The van der Waals surface area contributed by atoms with Crippen molar-refractivity contribution < 1.29 is 9.90 Å². The van der Waals surface area contributed by atoms with Crippen LogP contribution in [0.15, 0.2) is 66.7 Å². The van der Waals surface area contributed by atoms with Crippen LogP contribution < -0.4 is 5.32 Å². The van der Waals surface area contributed by atoms with Gasteiger partial charge in [-0.15, -0.1) is 0 Å². The monoisotopic (exact) mass is 494 g/mol. The molecule has 4 heteroatoms. The molecule has 1 saturated carbocycles. The lowest BCUT2D eigenvalue weighted by molar-refractivity contribution is 0.0284. The molecule has 192 valence electrons. The first-order valence-electron chi connectivity index (χ1n) is 13.9. The predicted octanol–water partition coefficient (Wildman–Crippen LogP) is 5.97. The topological polar surface area (TPSA) is 52.6 Å². The molecule has 1 amide bonds. The zero-order valence-electron chi connectivity index (χ0n) is 22.0. The van der Waals surface area contributed by atoms with Crippen molar-refractivity contribution >= 4 is 5.91 Å². The first kappa shape index (κ1) is 24.2. The minimum Gasteiger partial charge on any atom is -0.508 e. The van der Waals surface area contributed by atoms with Crippen LogP contribution in [0.4, 0.5) is 0 Å². The lowest BCUT2D eigenvalue weighted by Crippen LogP contribution is -2.58. The SMILES string of the molecule is CC1C2Cc3ccc(C(=O)NCCc4ccc(-c5cccc(O)c5)cc4)cc3C1(C)CCN2CC1CC1. The van der Waals surface area contributed by atoms with E-state index >= 15 is 0 Å². The number of benzene rings is 3. The molecule has 2 N–H and O–H groups in total. The molecule has 1 aliphatic heterocycles. The van der Waals surface area contributed by atoms with Crippen molar-refractivity contribution in [3.05, 3.63) is 89.0 Å². The molecule has 1 heterocycles. The third kappa shape index (κ3) is 4.80. The van der Waals surface area contributed by atoms with E-state index < -0.39 is 0 Å². The van der Waals surface area contributed by atoms with Crippen molar-refractivity contribution in [2.75, 3.05) is 19.6 Å². The summed E-state index contributed by atoms with van der Waals surface area (Å²) in [5.41, 5.74) is 7.01. The van der Waals surface area contributed by atoms with Crippen molar-refractivity contribution in [1.82, 2.24) is 10.2 Å². The van der Waals surface area contributed by atoms with Crippen LogP contribution in [0.25, 0.3) is 11.1 Å². The second-order valence-corrected chi connectivity index (χ2v) is 11.8. The van der Waals surface area contributed by atoms with Gasteiger partial charge in [-0.2, -0.15) is 0 Å². The van der Waals surface area contributed by atoms with Crippen LogP contribution in [-0.4, -0.2) is 41.6 Å². The van der Waals surface area contributed by atoms with Crippen molar-refractivity contribution in [2.24, 2.45) is 11.8 Å². The van der Waals surface area contributed by atoms with Crippen LogP contribution >= 0.6 is 0 Å². The van der Waals surface area contributed by atoms with E-state index in [0.29, 0.717) is 18.5 Å². The molecule has 4 nitrogen and oxygen atoms in total. The smallest absolute Gasteiger partial charge is 0.251 e. The fourth-order valence-electron chi connectivity index (χ4n) is 6.68. The second kappa shape index (κ2) is 9.64. The molecule has 3 aromatic carbocycles. The molecule has 6 rings (SSSR count). The molecule has 3 unspecified atom stereocenters. The highest BCUT2D eigenvalue weighted by Crippen LogP contribution is 2.49. The van der Waals surface area contributed by atoms with Gasteiger partial charge in [0.1, 0.15) is 5.75 Å². The maximum Gasteiger partial charge on any atom is 0.251 e. The first-order chi connectivity index (χ1) is 17.9. The Kier molecular flexibility index (Phi) is 6.32. The van der Waals surface area contributed by atoms with E-state index in [4.69, 9.17) is 0 Å². The van der Waals surface area contributed by atoms with Crippen LogP contribution in [0.3, 0.4) is 0 Å². The number of phenols is 1. The van der Waals surface area contributed by atoms with E-state index in [9.17, 15) is 9.90 Å². The van der Waals surface area contributed by atoms with Gasteiger partial charge in [0.25, 0.3) is 5.91 Å². The summed E-state index contributed by atoms with van der Waals surface area (Å²) >= 11 is 0. The van der Waals surface area contributed by atoms with Gasteiger partial charge in [-0.1, -0.05) is 56.3 Å². The summed E-state index contributed by atoms with van der Waals surface area (Å²) in [5, 5.41) is 12.9. The van der Waals surface area contributed by atoms with Gasteiger partial charge in [0, 0.05) is 24.7 Å². The van der Waals surface area contributed by atoms with Crippen molar-refractivity contribution in [2.45, 2.75) is 57.4 Å². The van der Waals surface area contributed by atoms with E-state index in [0.717, 1.165) is 35.4 Å². The third-order valence-electron chi connectivity index (χ3n) is 9.41. The maximum absolute atomic E-state index is 13.1. The molecule has 2 fully saturated rings. The van der Waals surface area contributed by atoms with Gasteiger partial charge in [-0.3, -0.25) is 9.69 Å². The number of amides is 1. The van der Waals surface area contributed by atoms with Gasteiger partial charge in [0.2, 0.25) is 0 Å². The quantitative estimate of drug-likeness (QED) is 0.426. The average Bonchev–Trinajstić information content (AvgIpc) is 3.72. The van der Waals surface area contributed by atoms with E-state index in [2.05, 4.69) is 60.5 Å². The summed E-state index contributed by atoms with van der Waals surface area (Å²) in [6.45, 7) is 7.93. The van der Waals surface area contributed by atoms with Crippen molar-refractivity contribution in [3.8, 4) is 16.9 Å². The lowest BCUT2D eigenvalue weighted by atomic mass is 9.59. The molecule has 0 radical (unpaired) electrons. The lowest BCUT2D eigenvalue weighted by Gasteiger charge is -2.55. The minimum atomic E-state index is 0.0173. The third-order valence-corrected chi connectivity index (χ3v) is 9.41. The van der Waals surface area contributed by atoms with Crippen molar-refractivity contribution in [1.29, 1.82) is 0 Å². The van der Waals surface area contributed by atoms with Crippen LogP contribution in [0, 0.1) is 11.8 Å². The van der Waals surface area contributed by atoms with Crippen LogP contribution in [-0.2, 0) is 18.3 Å². The highest BCUT2D eigenvalue weighted by molar-refractivity contribution is 5.94. The van der Waals surface area contributed by atoms with E-state index in [1.54, 1.807) is 12.1 Å². The van der Waals surface area contributed by atoms with Gasteiger partial charge in [0.05, 0.1) is 0 Å². The Hall–Kier alpha value is -3.11. The summed E-state index contributed by atoms with van der Waals surface area (Å²) in [4.78, 5) is 15.9. The summed E-state index contributed by atoms with van der Waals surface area (Å²) < 4.78 is 0. The largest absolute Gasteiger partial charge is 0.508 e. The number of aromatic hydroxyl groups is 1. The number of carbonyl (C=O) groups is 1. The van der Waals surface area contributed by atoms with Gasteiger partial charge in [0.15, 0.2) is 0 Å². The Balaban J connectivity index is 1.09. The number of nitrogens with zero attached hydrogens (tertiary/aromatic N) is 1. The maximum atomic E-state index is 13.1. The van der Waals surface area contributed by atoms with Crippen LogP contribution in [0.2, 0.25) is 0 Å². The van der Waals surface area contributed by atoms with Gasteiger partial charge >= 0.3 is 0 Å². The predicted molar refractivity (Wildman–Crippen MR) is 149 cm³/mol. The second-order valence-electron chi connectivity index (χ2n) is 11.8. The van der Waals surface area contributed by atoms with E-state index in [1.807, 2.05) is 18.2 Å². The number of nitrogens with one attached hydrogen (secondary N) is 1. The van der Waals surface area contributed by atoms with Crippen LogP contribution in [0.1, 0.15) is 60.2 Å². The number of carbonyl (C=O) groups excluding carboxylic acids is 1. The number of piperidine rings is 1.